The summed E-state index contributed by atoms with van der Waals surface area (Å²) in [6.07, 6.45) is 1.41. The average Bonchev–Trinajstić information content (AvgIpc) is 2.85. The van der Waals surface area contributed by atoms with Gasteiger partial charge in [-0.1, -0.05) is 45.8 Å². The highest BCUT2D eigenvalue weighted by molar-refractivity contribution is 9.10. The third-order valence-electron chi connectivity index (χ3n) is 5.08. The van der Waals surface area contributed by atoms with Gasteiger partial charge in [0.25, 0.3) is 5.91 Å². The molecular weight excluding hydrogens is 534 g/mol. The van der Waals surface area contributed by atoms with Crippen molar-refractivity contribution in [1.29, 1.82) is 0 Å². The maximum atomic E-state index is 13.4. The summed E-state index contributed by atoms with van der Waals surface area (Å²) in [4.78, 5) is 12.8. The molecule has 0 bridgehead atoms. The molecule has 0 unspecified atom stereocenters. The molecule has 184 valence electrons. The lowest BCUT2D eigenvalue weighted by molar-refractivity contribution is -0.121. The van der Waals surface area contributed by atoms with Gasteiger partial charge in [-0.3, -0.25) is 4.79 Å². The van der Waals surface area contributed by atoms with Crippen LogP contribution in [-0.2, 0) is 21.4 Å². The molecule has 0 aromatic heterocycles. The van der Waals surface area contributed by atoms with Crippen LogP contribution in [-0.4, -0.2) is 45.6 Å². The number of halogens is 1. The summed E-state index contributed by atoms with van der Waals surface area (Å²) in [5, 5.41) is 3.98. The molecule has 3 aromatic carbocycles. The number of amides is 1. The number of ether oxygens (including phenoxy) is 2. The van der Waals surface area contributed by atoms with E-state index in [4.69, 9.17) is 9.47 Å². The van der Waals surface area contributed by atoms with E-state index in [2.05, 4.69) is 26.5 Å². The predicted octanol–water partition coefficient (Wildman–Crippen LogP) is 4.12. The molecular formula is C25H26BrN3O5S. The van der Waals surface area contributed by atoms with Crippen LogP contribution in [0.2, 0.25) is 0 Å². The Bertz CT molecular complexity index is 1290. The van der Waals surface area contributed by atoms with Crippen molar-refractivity contribution in [2.75, 3.05) is 20.8 Å². The molecule has 0 aliphatic rings. The lowest BCUT2D eigenvalue weighted by Gasteiger charge is -2.21. The largest absolute Gasteiger partial charge is 0.497 e. The molecule has 0 heterocycles. The van der Waals surface area contributed by atoms with E-state index < -0.39 is 22.5 Å². The molecule has 0 aliphatic heterocycles. The molecule has 35 heavy (non-hydrogen) atoms. The molecule has 0 aliphatic carbocycles. The number of sulfonamides is 1. The molecule has 1 N–H and O–H groups in total. The quantitative estimate of drug-likeness (QED) is 0.297. The normalized spacial score (nSPS) is 11.6. The van der Waals surface area contributed by atoms with E-state index in [1.807, 2.05) is 31.2 Å². The molecule has 0 radical (unpaired) electrons. The Morgan fingerprint density at radius 2 is 1.71 bits per heavy atom. The van der Waals surface area contributed by atoms with Crippen molar-refractivity contribution in [3.8, 4) is 11.5 Å². The predicted molar refractivity (Wildman–Crippen MR) is 138 cm³/mol. The monoisotopic (exact) mass is 559 g/mol. The van der Waals surface area contributed by atoms with Crippen LogP contribution in [0.4, 0.5) is 0 Å². The number of carbonyl (C=O) groups excluding carboxylic acids is 1. The van der Waals surface area contributed by atoms with Crippen LogP contribution < -0.4 is 14.9 Å². The van der Waals surface area contributed by atoms with E-state index in [0.717, 1.165) is 19.9 Å². The number of hydrazone groups is 1. The van der Waals surface area contributed by atoms with Gasteiger partial charge >= 0.3 is 0 Å². The summed E-state index contributed by atoms with van der Waals surface area (Å²) < 4.78 is 39.1. The van der Waals surface area contributed by atoms with Crippen LogP contribution in [0.25, 0.3) is 0 Å². The molecule has 1 amide bonds. The highest BCUT2D eigenvalue weighted by Crippen LogP contribution is 2.23. The van der Waals surface area contributed by atoms with Gasteiger partial charge < -0.3 is 9.47 Å². The summed E-state index contributed by atoms with van der Waals surface area (Å²) in [6.45, 7) is 1.56. The van der Waals surface area contributed by atoms with Gasteiger partial charge in [0, 0.05) is 16.6 Å². The topological polar surface area (TPSA) is 97.3 Å². The second kappa shape index (κ2) is 12.0. The number of benzene rings is 3. The van der Waals surface area contributed by atoms with Gasteiger partial charge in [0.1, 0.15) is 11.5 Å². The van der Waals surface area contributed by atoms with E-state index in [9.17, 15) is 13.2 Å². The zero-order chi connectivity index (χ0) is 25.4. The van der Waals surface area contributed by atoms with Crippen molar-refractivity contribution in [3.63, 3.8) is 0 Å². The summed E-state index contributed by atoms with van der Waals surface area (Å²) >= 11 is 3.31. The van der Waals surface area contributed by atoms with Crippen molar-refractivity contribution in [2.45, 2.75) is 18.4 Å². The minimum absolute atomic E-state index is 0.0273. The Labute approximate surface area is 213 Å². The molecule has 0 fully saturated rings. The van der Waals surface area contributed by atoms with Crippen molar-refractivity contribution in [2.24, 2.45) is 5.10 Å². The summed E-state index contributed by atoms with van der Waals surface area (Å²) in [6, 6.07) is 18.9. The summed E-state index contributed by atoms with van der Waals surface area (Å²) in [7, 11) is -0.893. The number of rotatable bonds is 10. The Hall–Kier alpha value is -3.21. The number of nitrogens with one attached hydrogen (secondary N) is 1. The van der Waals surface area contributed by atoms with Crippen LogP contribution in [0.15, 0.2) is 81.2 Å². The fourth-order valence-corrected chi connectivity index (χ4v) is 4.84. The summed E-state index contributed by atoms with van der Waals surface area (Å²) in [5.41, 5.74) is 4.80. The van der Waals surface area contributed by atoms with Crippen LogP contribution in [0.3, 0.4) is 0 Å². The standard InChI is InChI=1S/C25H26BrN3O5S/c1-18-4-6-19(7-5-18)16-29(35(31,32)23-11-8-21(26)9-12-23)17-25(30)28-27-15-20-14-22(33-2)10-13-24(20)34-3/h4-15H,16-17H2,1-3H3,(H,28,30)/b27-15-. The minimum atomic E-state index is -3.95. The molecule has 0 saturated carbocycles. The fourth-order valence-electron chi connectivity index (χ4n) is 3.19. The van der Waals surface area contributed by atoms with E-state index in [0.29, 0.717) is 17.1 Å². The van der Waals surface area contributed by atoms with Crippen LogP contribution in [0.1, 0.15) is 16.7 Å². The van der Waals surface area contributed by atoms with Gasteiger partial charge in [-0.05, 0) is 55.0 Å². The molecule has 3 aromatic rings. The maximum Gasteiger partial charge on any atom is 0.255 e. The number of nitrogens with zero attached hydrogens (tertiary/aromatic N) is 2. The third kappa shape index (κ3) is 7.14. The minimum Gasteiger partial charge on any atom is -0.497 e. The second-order valence-electron chi connectivity index (χ2n) is 7.61. The molecule has 10 heteroatoms. The second-order valence-corrected chi connectivity index (χ2v) is 10.5. The Kier molecular flexibility index (Phi) is 9.02. The maximum absolute atomic E-state index is 13.4. The molecule has 0 spiro atoms. The van der Waals surface area contributed by atoms with Crippen LogP contribution in [0.5, 0.6) is 11.5 Å². The Balaban J connectivity index is 1.80. The first-order valence-corrected chi connectivity index (χ1v) is 12.8. The average molecular weight is 560 g/mol. The van der Waals surface area contributed by atoms with Gasteiger partial charge in [-0.25, -0.2) is 13.8 Å². The van der Waals surface area contributed by atoms with E-state index >= 15 is 0 Å². The molecule has 0 atom stereocenters. The first-order valence-electron chi connectivity index (χ1n) is 10.6. The first kappa shape index (κ1) is 26.4. The first-order chi connectivity index (χ1) is 16.7. The molecule has 0 saturated heterocycles. The number of hydrogen-bond acceptors (Lipinski definition) is 6. The zero-order valence-corrected chi connectivity index (χ0v) is 22.0. The SMILES string of the molecule is COc1ccc(OC)c(/C=N\NC(=O)CN(Cc2ccc(C)cc2)S(=O)(=O)c2ccc(Br)cc2)c1. The van der Waals surface area contributed by atoms with Gasteiger partial charge in [0.2, 0.25) is 10.0 Å². The number of methoxy groups -OCH3 is 2. The van der Waals surface area contributed by atoms with Gasteiger partial charge in [0.05, 0.1) is 31.9 Å². The van der Waals surface area contributed by atoms with Crippen molar-refractivity contribution in [1.82, 2.24) is 9.73 Å². The number of hydrogen-bond donors (Lipinski definition) is 1. The van der Waals surface area contributed by atoms with Gasteiger partial charge in [0.15, 0.2) is 0 Å². The van der Waals surface area contributed by atoms with Crippen molar-refractivity contribution in [3.05, 3.63) is 87.9 Å². The zero-order valence-electron chi connectivity index (χ0n) is 19.6. The van der Waals surface area contributed by atoms with E-state index in [1.165, 1.54) is 25.5 Å². The Morgan fingerprint density at radius 3 is 2.34 bits per heavy atom. The molecule has 3 rings (SSSR count). The third-order valence-corrected chi connectivity index (χ3v) is 7.42. The number of carbonyl (C=O) groups is 1. The van der Waals surface area contributed by atoms with Crippen LogP contribution in [0, 0.1) is 6.92 Å². The van der Waals surface area contributed by atoms with Crippen molar-refractivity contribution < 1.29 is 22.7 Å². The van der Waals surface area contributed by atoms with Crippen molar-refractivity contribution >= 4 is 38.1 Å². The van der Waals surface area contributed by atoms with E-state index in [1.54, 1.807) is 37.4 Å². The smallest absolute Gasteiger partial charge is 0.255 e. The fraction of sp³-hybridized carbons (Fsp3) is 0.200. The highest BCUT2D eigenvalue weighted by atomic mass is 79.9. The molecule has 8 nitrogen and oxygen atoms in total. The van der Waals surface area contributed by atoms with Crippen LogP contribution >= 0.6 is 15.9 Å². The van der Waals surface area contributed by atoms with E-state index in [-0.39, 0.29) is 11.4 Å². The van der Waals surface area contributed by atoms with Gasteiger partial charge in [-0.15, -0.1) is 0 Å². The number of aryl methyl sites for hydroxylation is 1. The highest BCUT2D eigenvalue weighted by Gasteiger charge is 2.27. The van der Waals surface area contributed by atoms with Gasteiger partial charge in [-0.2, -0.15) is 9.41 Å². The lowest BCUT2D eigenvalue weighted by atomic mass is 10.1. The lowest BCUT2D eigenvalue weighted by Crippen LogP contribution is -2.39. The Morgan fingerprint density at radius 1 is 1.03 bits per heavy atom. The summed E-state index contributed by atoms with van der Waals surface area (Å²) in [5.74, 6) is 0.557.